The summed E-state index contributed by atoms with van der Waals surface area (Å²) in [6, 6.07) is 18.4. The smallest absolute Gasteiger partial charge is 0.171 e. The molecule has 0 fully saturated rings. The van der Waals surface area contributed by atoms with Crippen LogP contribution in [-0.2, 0) is 6.42 Å². The number of thiocarbonyl (C=S) groups is 1. The van der Waals surface area contributed by atoms with Crippen molar-refractivity contribution >= 4 is 23.0 Å². The number of hydrogen-bond donors (Lipinski definition) is 2. The normalized spacial score (nSPS) is 11.3. The van der Waals surface area contributed by atoms with Gasteiger partial charge in [0, 0.05) is 5.69 Å². The summed E-state index contributed by atoms with van der Waals surface area (Å²) >= 11 is 5.43. The second kappa shape index (κ2) is 8.30. The van der Waals surface area contributed by atoms with Crippen LogP contribution in [0.15, 0.2) is 48.5 Å². The number of nitrogens with one attached hydrogen (secondary N) is 2. The van der Waals surface area contributed by atoms with Gasteiger partial charge in [-0.25, -0.2) is 0 Å². The van der Waals surface area contributed by atoms with Gasteiger partial charge in [-0.3, -0.25) is 0 Å². The first-order valence-corrected chi connectivity index (χ1v) is 8.13. The molecular weight excluding hydrogens is 302 g/mol. The highest BCUT2D eigenvalue weighted by atomic mass is 32.1. The van der Waals surface area contributed by atoms with E-state index >= 15 is 0 Å². The first-order valence-electron chi connectivity index (χ1n) is 7.73. The highest BCUT2D eigenvalue weighted by Gasteiger charge is 2.12. The van der Waals surface area contributed by atoms with Crippen LogP contribution < -0.4 is 10.6 Å². The summed E-state index contributed by atoms with van der Waals surface area (Å²) in [6.45, 7) is 4.26. The third kappa shape index (κ3) is 4.80. The van der Waals surface area contributed by atoms with E-state index in [0.29, 0.717) is 11.5 Å². The highest BCUT2D eigenvalue weighted by molar-refractivity contribution is 7.80. The number of benzene rings is 2. The van der Waals surface area contributed by atoms with Crippen molar-refractivity contribution in [1.29, 1.82) is 5.26 Å². The average molecular weight is 323 g/mol. The summed E-state index contributed by atoms with van der Waals surface area (Å²) in [7, 11) is 0. The van der Waals surface area contributed by atoms with Crippen LogP contribution >= 0.6 is 12.2 Å². The molecule has 0 bridgehead atoms. The summed E-state index contributed by atoms with van der Waals surface area (Å²) in [5, 5.41) is 15.9. The molecule has 0 aliphatic heterocycles. The first-order chi connectivity index (χ1) is 11.1. The summed E-state index contributed by atoms with van der Waals surface area (Å²) in [4.78, 5) is 0. The zero-order valence-corrected chi connectivity index (χ0v) is 14.3. The maximum atomic E-state index is 8.69. The molecule has 23 heavy (non-hydrogen) atoms. The minimum Gasteiger partial charge on any atom is -0.356 e. The molecule has 0 aliphatic carbocycles. The second-order valence-electron chi connectivity index (χ2n) is 5.45. The molecule has 4 heteroatoms. The van der Waals surface area contributed by atoms with Gasteiger partial charge in [-0.2, -0.15) is 5.26 Å². The van der Waals surface area contributed by atoms with E-state index in [4.69, 9.17) is 17.5 Å². The van der Waals surface area contributed by atoms with Crippen LogP contribution in [0, 0.1) is 18.3 Å². The van der Waals surface area contributed by atoms with Crippen molar-refractivity contribution in [3.8, 4) is 6.07 Å². The van der Waals surface area contributed by atoms with Crippen LogP contribution in [0.4, 0.5) is 5.69 Å². The van der Waals surface area contributed by atoms with E-state index < -0.39 is 0 Å². The third-order valence-corrected chi connectivity index (χ3v) is 3.99. The fourth-order valence-electron chi connectivity index (χ4n) is 2.50. The van der Waals surface area contributed by atoms with E-state index in [1.54, 1.807) is 0 Å². The number of anilines is 1. The molecule has 0 saturated heterocycles. The maximum absolute atomic E-state index is 8.69. The molecule has 0 spiro atoms. The van der Waals surface area contributed by atoms with Crippen molar-refractivity contribution in [1.82, 2.24) is 5.32 Å². The van der Waals surface area contributed by atoms with E-state index in [1.165, 1.54) is 11.1 Å². The quantitative estimate of drug-likeness (QED) is 0.795. The van der Waals surface area contributed by atoms with Gasteiger partial charge in [-0.15, -0.1) is 0 Å². The van der Waals surface area contributed by atoms with Crippen LogP contribution in [0.2, 0.25) is 0 Å². The van der Waals surface area contributed by atoms with Crippen LogP contribution in [0.5, 0.6) is 0 Å². The number of nitriles is 1. The van der Waals surface area contributed by atoms with Crippen LogP contribution in [0.3, 0.4) is 0 Å². The zero-order valence-electron chi connectivity index (χ0n) is 13.5. The molecule has 0 amide bonds. The summed E-state index contributed by atoms with van der Waals surface area (Å²) in [5.41, 5.74) is 4.45. The fourth-order valence-corrected chi connectivity index (χ4v) is 2.76. The number of nitrogens with zero attached hydrogens (tertiary/aromatic N) is 1. The molecule has 0 aromatic heterocycles. The SMILES string of the molecule is CC[C@@H](NC(=S)Nc1ccc(CC#N)cc1)c1ccccc1C. The molecule has 0 aliphatic rings. The highest BCUT2D eigenvalue weighted by Crippen LogP contribution is 2.20. The molecule has 0 heterocycles. The van der Waals surface area contributed by atoms with Crippen molar-refractivity contribution < 1.29 is 0 Å². The second-order valence-corrected chi connectivity index (χ2v) is 5.86. The summed E-state index contributed by atoms with van der Waals surface area (Å²) in [6.07, 6.45) is 1.38. The lowest BCUT2D eigenvalue weighted by atomic mass is 10.00. The predicted molar refractivity (Wildman–Crippen MR) is 99.3 cm³/mol. The van der Waals surface area contributed by atoms with Gasteiger partial charge >= 0.3 is 0 Å². The average Bonchev–Trinajstić information content (AvgIpc) is 2.55. The molecule has 2 aromatic rings. The lowest BCUT2D eigenvalue weighted by Gasteiger charge is -2.21. The minimum atomic E-state index is 0.189. The van der Waals surface area contributed by atoms with Gasteiger partial charge in [-0.05, 0) is 54.4 Å². The van der Waals surface area contributed by atoms with E-state index in [2.05, 4.69) is 48.7 Å². The van der Waals surface area contributed by atoms with Crippen molar-refractivity contribution in [3.05, 3.63) is 65.2 Å². The van der Waals surface area contributed by atoms with Crippen molar-refractivity contribution in [3.63, 3.8) is 0 Å². The molecule has 118 valence electrons. The predicted octanol–water partition coefficient (Wildman–Crippen LogP) is 4.50. The Morgan fingerprint density at radius 3 is 2.48 bits per heavy atom. The molecule has 3 nitrogen and oxygen atoms in total. The Morgan fingerprint density at radius 1 is 1.17 bits per heavy atom. The Balaban J connectivity index is 2.00. The monoisotopic (exact) mass is 323 g/mol. The van der Waals surface area contributed by atoms with E-state index in [0.717, 1.165) is 17.7 Å². The van der Waals surface area contributed by atoms with Gasteiger partial charge < -0.3 is 10.6 Å². The van der Waals surface area contributed by atoms with Gasteiger partial charge in [0.15, 0.2) is 5.11 Å². The maximum Gasteiger partial charge on any atom is 0.171 e. The van der Waals surface area contributed by atoms with Crippen LogP contribution in [0.25, 0.3) is 0 Å². The molecule has 2 N–H and O–H groups in total. The Labute approximate surface area is 143 Å². The lowest BCUT2D eigenvalue weighted by molar-refractivity contribution is 0.625. The Hall–Kier alpha value is -2.38. The molecule has 0 radical (unpaired) electrons. The van der Waals surface area contributed by atoms with Gasteiger partial charge in [0.1, 0.15) is 0 Å². The number of hydrogen-bond acceptors (Lipinski definition) is 2. The van der Waals surface area contributed by atoms with E-state index in [9.17, 15) is 0 Å². The van der Waals surface area contributed by atoms with Crippen molar-refractivity contribution in [2.75, 3.05) is 5.32 Å². The fraction of sp³-hybridized carbons (Fsp3) is 0.263. The topological polar surface area (TPSA) is 47.8 Å². The van der Waals surface area contributed by atoms with Gasteiger partial charge in [0.05, 0.1) is 18.5 Å². The van der Waals surface area contributed by atoms with Crippen LogP contribution in [0.1, 0.15) is 36.1 Å². The molecule has 2 aromatic carbocycles. The first kappa shape index (κ1) is 17.0. The molecule has 2 rings (SSSR count). The van der Waals surface area contributed by atoms with Gasteiger partial charge in [-0.1, -0.05) is 43.3 Å². The minimum absolute atomic E-state index is 0.189. The van der Waals surface area contributed by atoms with Gasteiger partial charge in [0.25, 0.3) is 0 Å². The Kier molecular flexibility index (Phi) is 6.13. The molecular formula is C19H21N3S. The van der Waals surface area contributed by atoms with E-state index in [1.807, 2.05) is 30.3 Å². The largest absolute Gasteiger partial charge is 0.356 e. The number of rotatable bonds is 5. The van der Waals surface area contributed by atoms with Gasteiger partial charge in [0.2, 0.25) is 0 Å². The zero-order chi connectivity index (χ0) is 16.7. The van der Waals surface area contributed by atoms with Crippen molar-refractivity contribution in [2.24, 2.45) is 0 Å². The Bertz CT molecular complexity index is 701. The molecule has 0 unspecified atom stereocenters. The van der Waals surface area contributed by atoms with Crippen LogP contribution in [-0.4, -0.2) is 5.11 Å². The summed E-state index contributed by atoms with van der Waals surface area (Å²) in [5.74, 6) is 0. The standard InChI is InChI=1S/C19H21N3S/c1-3-18(17-7-5-4-6-14(17)2)22-19(23)21-16-10-8-15(9-11-16)12-13-20/h4-11,18H,3,12H2,1-2H3,(H2,21,22,23)/t18-/m1/s1. The summed E-state index contributed by atoms with van der Waals surface area (Å²) < 4.78 is 0. The molecule has 1 atom stereocenters. The Morgan fingerprint density at radius 2 is 1.87 bits per heavy atom. The van der Waals surface area contributed by atoms with E-state index in [-0.39, 0.29) is 6.04 Å². The number of aryl methyl sites for hydroxylation is 1. The third-order valence-electron chi connectivity index (χ3n) is 3.77. The lowest BCUT2D eigenvalue weighted by Crippen LogP contribution is -2.32. The molecule has 0 saturated carbocycles. The van der Waals surface area contributed by atoms with Crippen molar-refractivity contribution in [2.45, 2.75) is 32.7 Å².